The van der Waals surface area contributed by atoms with E-state index in [0.29, 0.717) is 0 Å². The molecule has 0 bridgehead atoms. The lowest BCUT2D eigenvalue weighted by Gasteiger charge is -2.25. The van der Waals surface area contributed by atoms with Crippen molar-refractivity contribution in [2.45, 2.75) is 11.1 Å². The zero-order valence-corrected chi connectivity index (χ0v) is 12.2. The van der Waals surface area contributed by atoms with Crippen molar-refractivity contribution in [2.75, 3.05) is 10.8 Å². The molecule has 2 aromatic heterocycles. The van der Waals surface area contributed by atoms with Crippen LogP contribution in [-0.4, -0.2) is 31.1 Å². The van der Waals surface area contributed by atoms with Gasteiger partial charge < -0.3 is 0 Å². The molecule has 0 aliphatic rings. The van der Waals surface area contributed by atoms with E-state index in [1.54, 1.807) is 6.07 Å². The number of nitriles is 1. The Kier molecular flexibility index (Phi) is 4.51. The smallest absolute Gasteiger partial charge is 0.265 e. The van der Waals surface area contributed by atoms with Crippen LogP contribution in [0.3, 0.4) is 0 Å². The van der Waals surface area contributed by atoms with Crippen molar-refractivity contribution in [3.63, 3.8) is 0 Å². The van der Waals surface area contributed by atoms with Gasteiger partial charge in [-0.05, 0) is 24.3 Å². The molecular weight excluding hydrogens is 333 g/mol. The molecule has 0 atom stereocenters. The Morgan fingerprint density at radius 3 is 2.30 bits per heavy atom. The average molecular weight is 342 g/mol. The van der Waals surface area contributed by atoms with Crippen LogP contribution in [0.5, 0.6) is 0 Å². The monoisotopic (exact) mass is 342 g/mol. The Morgan fingerprint density at radius 2 is 1.83 bits per heavy atom. The number of hydrogen-bond acceptors (Lipinski definition) is 5. The van der Waals surface area contributed by atoms with Crippen LogP contribution in [0.25, 0.3) is 0 Å². The summed E-state index contributed by atoms with van der Waals surface area (Å²) in [5.74, 6) is 0. The molecule has 120 valence electrons. The summed E-state index contributed by atoms with van der Waals surface area (Å²) in [4.78, 5) is 6.78. The van der Waals surface area contributed by atoms with E-state index in [4.69, 9.17) is 5.26 Å². The fourth-order valence-electron chi connectivity index (χ4n) is 1.71. The van der Waals surface area contributed by atoms with E-state index in [2.05, 4.69) is 9.97 Å². The lowest BCUT2D eigenvalue weighted by atomic mass is 10.4. The Bertz CT molecular complexity index is 815. The van der Waals surface area contributed by atoms with Crippen LogP contribution < -0.4 is 4.31 Å². The molecule has 0 saturated carbocycles. The van der Waals surface area contributed by atoms with Crippen LogP contribution in [-0.2, 0) is 10.0 Å². The molecule has 2 aromatic rings. The van der Waals surface area contributed by atoms with Crippen molar-refractivity contribution < 1.29 is 21.6 Å². The molecule has 0 radical (unpaired) electrons. The fraction of sp³-hybridized carbons (Fsp3) is 0.154. The zero-order valence-electron chi connectivity index (χ0n) is 11.4. The van der Waals surface area contributed by atoms with Gasteiger partial charge in [0, 0.05) is 18.6 Å². The average Bonchev–Trinajstić information content (AvgIpc) is 2.52. The van der Waals surface area contributed by atoms with Gasteiger partial charge >= 0.3 is 6.18 Å². The van der Waals surface area contributed by atoms with Crippen molar-refractivity contribution in [3.8, 4) is 6.07 Å². The number of hydrogen-bond donors (Lipinski definition) is 0. The van der Waals surface area contributed by atoms with Gasteiger partial charge in [0.15, 0.2) is 0 Å². The summed E-state index contributed by atoms with van der Waals surface area (Å²) >= 11 is 0. The minimum atomic E-state index is -4.74. The van der Waals surface area contributed by atoms with Gasteiger partial charge in [-0.2, -0.15) is 18.4 Å². The number of halogens is 3. The highest BCUT2D eigenvalue weighted by atomic mass is 32.2. The Balaban J connectivity index is 2.50. The minimum absolute atomic E-state index is 0.0461. The number of alkyl halides is 3. The lowest BCUT2D eigenvalue weighted by Crippen LogP contribution is -2.39. The van der Waals surface area contributed by atoms with Gasteiger partial charge in [0.2, 0.25) is 0 Å². The van der Waals surface area contributed by atoms with Gasteiger partial charge in [-0.3, -0.25) is 9.29 Å². The predicted octanol–water partition coefficient (Wildman–Crippen LogP) is 2.11. The second-order valence-electron chi connectivity index (χ2n) is 4.32. The second-order valence-corrected chi connectivity index (χ2v) is 6.19. The zero-order chi connectivity index (χ0) is 17.1. The first kappa shape index (κ1) is 16.7. The van der Waals surface area contributed by atoms with E-state index < -0.39 is 27.6 Å². The van der Waals surface area contributed by atoms with E-state index in [9.17, 15) is 21.6 Å². The van der Waals surface area contributed by atoms with E-state index >= 15 is 0 Å². The summed E-state index contributed by atoms with van der Waals surface area (Å²) in [7, 11) is -4.50. The van der Waals surface area contributed by atoms with Gasteiger partial charge in [0.25, 0.3) is 10.0 Å². The molecule has 0 unspecified atom stereocenters. The Hall–Kier alpha value is -2.67. The van der Waals surface area contributed by atoms with Gasteiger partial charge in [0.05, 0.1) is 5.69 Å². The van der Waals surface area contributed by atoms with E-state index in [0.717, 1.165) is 30.5 Å². The molecule has 0 saturated heterocycles. The van der Waals surface area contributed by atoms with Crippen LogP contribution in [0, 0.1) is 11.3 Å². The van der Waals surface area contributed by atoms with Crippen molar-refractivity contribution in [1.82, 2.24) is 9.97 Å². The maximum Gasteiger partial charge on any atom is 0.407 e. The standard InChI is InChI=1S/C13H9F3N4O2S/c14-13(15,16)9-20(11-3-5-18-6-4-11)23(21,22)12-2-1-10(7-17)19-8-12/h1-6,8H,9H2. The molecule has 0 aliphatic heterocycles. The third-order valence-electron chi connectivity index (χ3n) is 2.71. The molecular formula is C13H9F3N4O2S. The van der Waals surface area contributed by atoms with Crippen LogP contribution >= 0.6 is 0 Å². The summed E-state index contributed by atoms with van der Waals surface area (Å²) in [6.45, 7) is -1.70. The van der Waals surface area contributed by atoms with Crippen LogP contribution in [0.4, 0.5) is 18.9 Å². The molecule has 0 aliphatic carbocycles. The third-order valence-corrected chi connectivity index (χ3v) is 4.47. The highest BCUT2D eigenvalue weighted by Gasteiger charge is 2.37. The Morgan fingerprint density at radius 1 is 1.17 bits per heavy atom. The summed E-state index contributed by atoms with van der Waals surface area (Å²) in [6.07, 6.45) is -1.52. The molecule has 0 spiro atoms. The first-order valence-corrected chi connectivity index (χ1v) is 7.54. The second kappa shape index (κ2) is 6.21. The fourth-order valence-corrected chi connectivity index (χ4v) is 3.11. The first-order chi connectivity index (χ1) is 10.7. The number of anilines is 1. The van der Waals surface area contributed by atoms with Crippen molar-refractivity contribution in [1.29, 1.82) is 5.26 Å². The first-order valence-electron chi connectivity index (χ1n) is 6.10. The van der Waals surface area contributed by atoms with Crippen LogP contribution in [0.2, 0.25) is 0 Å². The van der Waals surface area contributed by atoms with Crippen molar-refractivity contribution in [3.05, 3.63) is 48.5 Å². The van der Waals surface area contributed by atoms with Gasteiger partial charge in [0.1, 0.15) is 23.2 Å². The van der Waals surface area contributed by atoms with Crippen molar-refractivity contribution >= 4 is 15.7 Å². The van der Waals surface area contributed by atoms with E-state index in [-0.39, 0.29) is 15.7 Å². The number of pyridine rings is 2. The maximum atomic E-state index is 12.8. The highest BCUT2D eigenvalue weighted by molar-refractivity contribution is 7.92. The van der Waals surface area contributed by atoms with Crippen molar-refractivity contribution in [2.24, 2.45) is 0 Å². The number of aromatic nitrogens is 2. The topological polar surface area (TPSA) is 87.0 Å². The molecule has 23 heavy (non-hydrogen) atoms. The number of nitrogens with zero attached hydrogens (tertiary/aromatic N) is 4. The summed E-state index contributed by atoms with van der Waals surface area (Å²) in [5, 5.41) is 8.64. The largest absolute Gasteiger partial charge is 0.407 e. The molecule has 0 fully saturated rings. The molecule has 0 amide bonds. The molecule has 0 N–H and O–H groups in total. The Labute approximate surface area is 129 Å². The highest BCUT2D eigenvalue weighted by Crippen LogP contribution is 2.27. The maximum absolute atomic E-state index is 12.8. The third kappa shape index (κ3) is 3.95. The van der Waals surface area contributed by atoms with E-state index in [1.807, 2.05) is 0 Å². The summed E-state index contributed by atoms with van der Waals surface area (Å²) in [6, 6.07) is 6.15. The minimum Gasteiger partial charge on any atom is -0.265 e. The number of sulfonamides is 1. The van der Waals surface area contributed by atoms with Gasteiger partial charge in [-0.15, -0.1) is 0 Å². The van der Waals surface area contributed by atoms with Gasteiger partial charge in [-0.1, -0.05) is 0 Å². The lowest BCUT2D eigenvalue weighted by molar-refractivity contribution is -0.117. The quantitative estimate of drug-likeness (QED) is 0.849. The van der Waals surface area contributed by atoms with Crippen LogP contribution in [0.1, 0.15) is 5.69 Å². The molecule has 10 heteroatoms. The summed E-state index contributed by atoms with van der Waals surface area (Å²) in [5.41, 5.74) is -0.225. The van der Waals surface area contributed by atoms with Crippen LogP contribution in [0.15, 0.2) is 47.8 Å². The molecule has 6 nitrogen and oxygen atoms in total. The predicted molar refractivity (Wildman–Crippen MR) is 73.8 cm³/mol. The van der Waals surface area contributed by atoms with E-state index in [1.165, 1.54) is 12.4 Å². The molecule has 2 rings (SSSR count). The molecule has 0 aromatic carbocycles. The number of rotatable bonds is 4. The SMILES string of the molecule is N#Cc1ccc(S(=O)(=O)N(CC(F)(F)F)c2ccncc2)cn1. The molecule has 2 heterocycles. The normalized spacial score (nSPS) is 11.7. The summed E-state index contributed by atoms with van der Waals surface area (Å²) < 4.78 is 63.5. The van der Waals surface area contributed by atoms with Gasteiger partial charge in [-0.25, -0.2) is 13.4 Å².